The van der Waals surface area contributed by atoms with Crippen LogP contribution in [0.3, 0.4) is 0 Å². The van der Waals surface area contributed by atoms with Gasteiger partial charge in [0.05, 0.1) is 5.69 Å². The average molecular weight is 307 g/mol. The van der Waals surface area contributed by atoms with Gasteiger partial charge in [0.15, 0.2) is 0 Å². The second kappa shape index (κ2) is 8.48. The summed E-state index contributed by atoms with van der Waals surface area (Å²) in [4.78, 5) is 0. The van der Waals surface area contributed by atoms with Crippen molar-refractivity contribution in [2.45, 2.75) is 72.0 Å². The van der Waals surface area contributed by atoms with Crippen LogP contribution in [-0.4, -0.2) is 20.1 Å². The summed E-state index contributed by atoms with van der Waals surface area (Å²) in [7, 11) is 2.85. The van der Waals surface area contributed by atoms with Gasteiger partial charge in [-0.2, -0.15) is 0 Å². The zero-order valence-electron chi connectivity index (χ0n) is 14.2. The fraction of sp³-hybridized carbons (Fsp3) is 0.647. The van der Waals surface area contributed by atoms with Gasteiger partial charge >= 0.3 is 0 Å². The largest absolute Gasteiger partial charge is 0.252 e. The van der Waals surface area contributed by atoms with Crippen LogP contribution in [0.5, 0.6) is 0 Å². The van der Waals surface area contributed by atoms with Crippen molar-refractivity contribution >= 4 is 9.24 Å². The molecule has 1 heterocycles. The predicted molar refractivity (Wildman–Crippen MR) is 94.6 cm³/mol. The van der Waals surface area contributed by atoms with Crippen LogP contribution in [-0.2, 0) is 13.0 Å². The molecule has 0 bridgehead atoms. The summed E-state index contributed by atoms with van der Waals surface area (Å²) < 4.78 is 1.95. The molecule has 1 unspecified atom stereocenters. The van der Waals surface area contributed by atoms with Gasteiger partial charge in [0.1, 0.15) is 0 Å². The van der Waals surface area contributed by atoms with E-state index in [1.165, 1.54) is 11.1 Å². The highest BCUT2D eigenvalue weighted by atomic mass is 31.0. The number of nitrogens with zero attached hydrogens (tertiary/aromatic N) is 3. The zero-order valence-corrected chi connectivity index (χ0v) is 15.3. The molecular formula is C17H30N3P. The topological polar surface area (TPSA) is 30.7 Å². The van der Waals surface area contributed by atoms with E-state index in [0.29, 0.717) is 0 Å². The maximum Gasteiger partial charge on any atom is 0.0835 e. The number of aryl methyl sites for hydroxylation is 1. The Morgan fingerprint density at radius 1 is 1.24 bits per heavy atom. The van der Waals surface area contributed by atoms with E-state index in [-0.39, 0.29) is 5.16 Å². The molecule has 118 valence electrons. The fourth-order valence-electron chi connectivity index (χ4n) is 2.13. The van der Waals surface area contributed by atoms with Gasteiger partial charge in [-0.25, -0.2) is 0 Å². The molecule has 0 aliphatic heterocycles. The first-order chi connectivity index (χ1) is 9.76. The Morgan fingerprint density at radius 3 is 2.57 bits per heavy atom. The fourth-order valence-corrected chi connectivity index (χ4v) is 2.34. The Bertz CT molecular complexity index is 488. The molecule has 1 rings (SSSR count). The Balaban J connectivity index is 2.36. The van der Waals surface area contributed by atoms with Crippen molar-refractivity contribution in [3.63, 3.8) is 0 Å². The second-order valence-electron chi connectivity index (χ2n) is 6.80. The highest BCUT2D eigenvalue weighted by molar-refractivity contribution is 7.18. The number of hydrogen-bond donors (Lipinski definition) is 0. The summed E-state index contributed by atoms with van der Waals surface area (Å²) in [5, 5.41) is 8.62. The van der Waals surface area contributed by atoms with Crippen molar-refractivity contribution in [1.29, 1.82) is 0 Å². The maximum atomic E-state index is 4.24. The van der Waals surface area contributed by atoms with Gasteiger partial charge in [0.25, 0.3) is 0 Å². The monoisotopic (exact) mass is 307 g/mol. The van der Waals surface area contributed by atoms with Crippen molar-refractivity contribution < 1.29 is 0 Å². The summed E-state index contributed by atoms with van der Waals surface area (Å²) in [5.74, 6) is 0. The lowest BCUT2D eigenvalue weighted by atomic mass is 10.1. The van der Waals surface area contributed by atoms with E-state index < -0.39 is 0 Å². The first kappa shape index (κ1) is 18.1. The summed E-state index contributed by atoms with van der Waals surface area (Å²) >= 11 is 0. The lowest BCUT2D eigenvalue weighted by Crippen LogP contribution is -2.13. The molecule has 0 spiro atoms. The third-order valence-electron chi connectivity index (χ3n) is 3.17. The Labute approximate surface area is 132 Å². The van der Waals surface area contributed by atoms with E-state index in [0.717, 1.165) is 37.9 Å². The van der Waals surface area contributed by atoms with Crippen molar-refractivity contribution in [2.24, 2.45) is 0 Å². The normalized spacial score (nSPS) is 12.6. The smallest absolute Gasteiger partial charge is 0.0835 e. The summed E-state index contributed by atoms with van der Waals surface area (Å²) in [6.45, 7) is 11.8. The third kappa shape index (κ3) is 8.83. The summed E-state index contributed by atoms with van der Waals surface area (Å²) in [5.41, 5.74) is 3.92. The van der Waals surface area contributed by atoms with Crippen molar-refractivity contribution in [3.8, 4) is 0 Å². The quantitative estimate of drug-likeness (QED) is 0.521. The lowest BCUT2D eigenvalue weighted by Gasteiger charge is -2.14. The minimum atomic E-state index is 0.183. The first-order valence-corrected chi connectivity index (χ1v) is 8.31. The molecule has 1 aromatic rings. The molecule has 1 atom stereocenters. The van der Waals surface area contributed by atoms with E-state index in [9.17, 15) is 0 Å². The molecule has 0 N–H and O–H groups in total. The maximum absolute atomic E-state index is 4.24. The van der Waals surface area contributed by atoms with Crippen LogP contribution in [0.25, 0.3) is 0 Å². The lowest BCUT2D eigenvalue weighted by molar-refractivity contribution is 0.594. The summed E-state index contributed by atoms with van der Waals surface area (Å²) in [6, 6.07) is 0. The number of allylic oxidation sites excluding steroid dienone is 4. The van der Waals surface area contributed by atoms with Crippen LogP contribution < -0.4 is 0 Å². The van der Waals surface area contributed by atoms with Crippen LogP contribution in [0, 0.1) is 0 Å². The van der Waals surface area contributed by atoms with E-state index in [1.54, 1.807) is 0 Å². The average Bonchev–Trinajstić information content (AvgIpc) is 2.73. The molecule has 0 saturated heterocycles. The highest BCUT2D eigenvalue weighted by Gasteiger charge is 2.13. The second-order valence-corrected chi connectivity index (χ2v) is 8.36. The Kier molecular flexibility index (Phi) is 7.31. The van der Waals surface area contributed by atoms with E-state index in [1.807, 2.05) is 4.68 Å². The molecule has 0 aliphatic carbocycles. The number of aromatic nitrogens is 3. The Morgan fingerprint density at radius 2 is 1.95 bits per heavy atom. The van der Waals surface area contributed by atoms with Crippen molar-refractivity contribution in [2.75, 3.05) is 0 Å². The molecule has 0 fully saturated rings. The molecule has 3 nitrogen and oxygen atoms in total. The van der Waals surface area contributed by atoms with E-state index in [4.69, 9.17) is 0 Å². The molecule has 1 aromatic heterocycles. The van der Waals surface area contributed by atoms with E-state index in [2.05, 4.69) is 72.5 Å². The molecule has 21 heavy (non-hydrogen) atoms. The van der Waals surface area contributed by atoms with Gasteiger partial charge in [0.2, 0.25) is 0 Å². The Hall–Kier alpha value is -0.950. The van der Waals surface area contributed by atoms with Crippen LogP contribution in [0.1, 0.15) is 59.6 Å². The number of hydrogen-bond acceptors (Lipinski definition) is 2. The highest BCUT2D eigenvalue weighted by Crippen LogP contribution is 2.20. The minimum absolute atomic E-state index is 0.183. The van der Waals surface area contributed by atoms with Crippen LogP contribution in [0.2, 0.25) is 0 Å². The van der Waals surface area contributed by atoms with Gasteiger partial charge in [-0.3, -0.25) is 4.68 Å². The third-order valence-corrected chi connectivity index (χ3v) is 3.37. The van der Waals surface area contributed by atoms with Crippen LogP contribution >= 0.6 is 9.24 Å². The number of rotatable bonds is 8. The molecule has 0 radical (unpaired) electrons. The standard InChI is InChI=1S/C17H30N3P/c1-14(2)8-6-9-15(3)10-7-11-20-13-16(18-19-20)12-17(4,5)21/h8,10,13H,6-7,9,11-12,21H2,1-5H3/b15-10+. The molecule has 0 aliphatic rings. The van der Waals surface area contributed by atoms with E-state index >= 15 is 0 Å². The molecule has 0 aromatic carbocycles. The zero-order chi connectivity index (χ0) is 15.9. The predicted octanol–water partition coefficient (Wildman–Crippen LogP) is 4.56. The van der Waals surface area contributed by atoms with Crippen molar-refractivity contribution in [1.82, 2.24) is 15.0 Å². The first-order valence-electron chi connectivity index (χ1n) is 7.73. The minimum Gasteiger partial charge on any atom is -0.252 e. The van der Waals surface area contributed by atoms with Gasteiger partial charge in [0, 0.05) is 19.2 Å². The molecule has 0 amide bonds. The molecule has 4 heteroatoms. The van der Waals surface area contributed by atoms with Crippen LogP contribution in [0.15, 0.2) is 29.5 Å². The molecular weight excluding hydrogens is 277 g/mol. The van der Waals surface area contributed by atoms with Gasteiger partial charge in [-0.15, -0.1) is 14.3 Å². The van der Waals surface area contributed by atoms with Gasteiger partial charge in [-0.1, -0.05) is 42.4 Å². The summed E-state index contributed by atoms with van der Waals surface area (Å²) in [6.07, 6.45) is 10.9. The van der Waals surface area contributed by atoms with Gasteiger partial charge in [-0.05, 0) is 45.2 Å². The van der Waals surface area contributed by atoms with Gasteiger partial charge < -0.3 is 0 Å². The van der Waals surface area contributed by atoms with Crippen molar-refractivity contribution in [3.05, 3.63) is 35.2 Å². The molecule has 0 saturated carbocycles. The SMILES string of the molecule is CC(C)=CCC/C(C)=C/CCn1cc(CC(C)(C)P)nn1. The van der Waals surface area contributed by atoms with Crippen LogP contribution in [0.4, 0.5) is 0 Å².